The molecule has 2 heterocycles. The molecule has 26 heavy (non-hydrogen) atoms. The van der Waals surface area contributed by atoms with E-state index in [0.717, 1.165) is 62.2 Å². The van der Waals surface area contributed by atoms with E-state index in [9.17, 15) is 0 Å². The van der Waals surface area contributed by atoms with Crippen molar-refractivity contribution >= 4 is 16.6 Å². The zero-order valence-corrected chi connectivity index (χ0v) is 15.8. The molecular weight excluding hydrogens is 330 g/mol. The first kappa shape index (κ1) is 17.4. The van der Waals surface area contributed by atoms with Gasteiger partial charge in [0, 0.05) is 35.9 Å². The fourth-order valence-corrected chi connectivity index (χ4v) is 4.01. The summed E-state index contributed by atoms with van der Waals surface area (Å²) in [5.41, 5.74) is 4.69. The number of nitrogens with one attached hydrogen (secondary N) is 1. The molecule has 6 heteroatoms. The number of pyridine rings is 1. The Morgan fingerprint density at radius 3 is 2.81 bits per heavy atom. The topological polar surface area (TPSA) is 55.8 Å². The van der Waals surface area contributed by atoms with Crippen LogP contribution in [-0.2, 0) is 17.6 Å². The van der Waals surface area contributed by atoms with Crippen LogP contribution in [0.5, 0.6) is 11.5 Å². The number of aromatic nitrogens is 1. The van der Waals surface area contributed by atoms with Crippen LogP contribution in [0, 0.1) is 0 Å². The lowest BCUT2D eigenvalue weighted by molar-refractivity contribution is 0.140. The molecule has 1 aliphatic carbocycles. The Hall–Kier alpha value is -2.05. The van der Waals surface area contributed by atoms with Gasteiger partial charge in [-0.3, -0.25) is 4.98 Å². The van der Waals surface area contributed by atoms with Crippen LogP contribution in [0.15, 0.2) is 12.1 Å². The van der Waals surface area contributed by atoms with E-state index in [2.05, 4.69) is 17.3 Å². The Morgan fingerprint density at radius 2 is 2.00 bits per heavy atom. The highest BCUT2D eigenvalue weighted by molar-refractivity contribution is 5.96. The number of rotatable bonds is 4. The smallest absolute Gasteiger partial charge is 0.162 e. The number of likely N-dealkylation sites (N-methyl/N-ethyl adjacent to an activating group) is 1. The van der Waals surface area contributed by atoms with Gasteiger partial charge in [-0.25, -0.2) is 0 Å². The molecule has 2 aliphatic rings. The van der Waals surface area contributed by atoms with Crippen molar-refractivity contribution in [2.75, 3.05) is 52.9 Å². The molecule has 4 rings (SSSR count). The molecule has 0 radical (unpaired) electrons. The maximum atomic E-state index is 5.80. The highest BCUT2D eigenvalue weighted by Gasteiger charge is 2.24. The molecular formula is C20H27N3O3. The minimum absolute atomic E-state index is 0.255. The van der Waals surface area contributed by atoms with E-state index >= 15 is 0 Å². The normalized spacial score (nSPS) is 20.7. The fourth-order valence-electron chi connectivity index (χ4n) is 4.01. The highest BCUT2D eigenvalue weighted by atomic mass is 16.5. The van der Waals surface area contributed by atoms with Gasteiger partial charge in [-0.1, -0.05) is 0 Å². The number of benzene rings is 1. The van der Waals surface area contributed by atoms with Gasteiger partial charge in [0.15, 0.2) is 11.5 Å². The molecule has 2 aromatic rings. The van der Waals surface area contributed by atoms with Crippen molar-refractivity contribution in [2.45, 2.75) is 25.3 Å². The van der Waals surface area contributed by atoms with Gasteiger partial charge in [-0.2, -0.15) is 0 Å². The van der Waals surface area contributed by atoms with Crippen LogP contribution in [0.3, 0.4) is 0 Å². The largest absolute Gasteiger partial charge is 0.493 e. The highest BCUT2D eigenvalue weighted by Crippen LogP contribution is 2.39. The van der Waals surface area contributed by atoms with Gasteiger partial charge in [0.1, 0.15) is 0 Å². The van der Waals surface area contributed by atoms with Crippen LogP contribution in [0.1, 0.15) is 17.7 Å². The summed E-state index contributed by atoms with van der Waals surface area (Å²) < 4.78 is 16.8. The fraction of sp³-hybridized carbons (Fsp3) is 0.550. The molecule has 1 atom stereocenters. The minimum atomic E-state index is 0.255. The van der Waals surface area contributed by atoms with Crippen LogP contribution in [-0.4, -0.2) is 63.5 Å². The second-order valence-electron chi connectivity index (χ2n) is 7.17. The van der Waals surface area contributed by atoms with Crippen molar-refractivity contribution in [3.8, 4) is 11.5 Å². The molecule has 1 aliphatic heterocycles. The number of ether oxygens (including phenoxy) is 3. The second kappa shape index (κ2) is 7.29. The summed E-state index contributed by atoms with van der Waals surface area (Å²) in [6.45, 7) is 3.44. The molecule has 1 N–H and O–H groups in total. The summed E-state index contributed by atoms with van der Waals surface area (Å²) in [4.78, 5) is 7.23. The van der Waals surface area contributed by atoms with Gasteiger partial charge in [0.2, 0.25) is 0 Å². The van der Waals surface area contributed by atoms with E-state index < -0.39 is 0 Å². The third-order valence-corrected chi connectivity index (χ3v) is 5.33. The quantitative estimate of drug-likeness (QED) is 0.907. The van der Waals surface area contributed by atoms with Crippen molar-refractivity contribution in [3.63, 3.8) is 0 Å². The first-order valence-corrected chi connectivity index (χ1v) is 9.30. The molecule has 0 spiro atoms. The van der Waals surface area contributed by atoms with E-state index in [1.807, 2.05) is 12.1 Å². The van der Waals surface area contributed by atoms with Gasteiger partial charge in [0.05, 0.1) is 39.0 Å². The number of aryl methyl sites for hydroxylation is 1. The Morgan fingerprint density at radius 1 is 1.19 bits per heavy atom. The summed E-state index contributed by atoms with van der Waals surface area (Å²) in [5, 5.41) is 4.87. The number of hydrogen-bond acceptors (Lipinski definition) is 6. The maximum Gasteiger partial charge on any atom is 0.162 e. The van der Waals surface area contributed by atoms with Crippen LogP contribution in [0.2, 0.25) is 0 Å². The van der Waals surface area contributed by atoms with Crippen molar-refractivity contribution in [1.29, 1.82) is 0 Å². The van der Waals surface area contributed by atoms with Crippen LogP contribution in [0.4, 0.5) is 5.69 Å². The first-order chi connectivity index (χ1) is 12.7. The summed E-state index contributed by atoms with van der Waals surface area (Å²) in [6.07, 6.45) is 3.26. The van der Waals surface area contributed by atoms with E-state index in [-0.39, 0.29) is 6.04 Å². The summed E-state index contributed by atoms with van der Waals surface area (Å²) in [5.74, 6) is 1.45. The van der Waals surface area contributed by atoms with E-state index in [4.69, 9.17) is 19.2 Å². The van der Waals surface area contributed by atoms with Gasteiger partial charge in [-0.15, -0.1) is 0 Å². The van der Waals surface area contributed by atoms with E-state index in [0.29, 0.717) is 5.75 Å². The summed E-state index contributed by atoms with van der Waals surface area (Å²) in [6, 6.07) is 4.28. The molecule has 0 saturated carbocycles. The number of nitrogens with zero attached hydrogens (tertiary/aromatic N) is 2. The lowest BCUT2D eigenvalue weighted by Gasteiger charge is -2.24. The molecule has 1 fully saturated rings. The SMILES string of the molecule is COc1cc2nc3c(c(N[C@H]4COCCN(C)C4)c2cc1OC)CCC3. The number of hydrogen-bond donors (Lipinski definition) is 1. The zero-order valence-electron chi connectivity index (χ0n) is 15.8. The Labute approximate surface area is 154 Å². The third-order valence-electron chi connectivity index (χ3n) is 5.33. The second-order valence-corrected chi connectivity index (χ2v) is 7.17. The summed E-state index contributed by atoms with van der Waals surface area (Å²) in [7, 11) is 5.48. The predicted octanol–water partition coefficient (Wildman–Crippen LogP) is 2.48. The monoisotopic (exact) mass is 357 g/mol. The molecule has 1 saturated heterocycles. The van der Waals surface area contributed by atoms with E-state index in [1.165, 1.54) is 16.9 Å². The van der Waals surface area contributed by atoms with Gasteiger partial charge in [0.25, 0.3) is 0 Å². The van der Waals surface area contributed by atoms with Gasteiger partial charge < -0.3 is 24.4 Å². The average molecular weight is 357 g/mol. The molecule has 0 bridgehead atoms. The standard InChI is InChI=1S/C20H27N3O3/c1-23-7-8-26-12-13(11-23)21-20-14-5-4-6-16(14)22-17-10-19(25-3)18(24-2)9-15(17)20/h9-10,13H,4-8,11-12H2,1-3H3,(H,21,22)/t13-/m1/s1. The number of fused-ring (bicyclic) bond motifs is 2. The van der Waals surface area contributed by atoms with Crippen molar-refractivity contribution in [2.24, 2.45) is 0 Å². The molecule has 6 nitrogen and oxygen atoms in total. The van der Waals surface area contributed by atoms with Crippen LogP contribution < -0.4 is 14.8 Å². The molecule has 140 valence electrons. The predicted molar refractivity (Wildman–Crippen MR) is 103 cm³/mol. The Kier molecular flexibility index (Phi) is 4.87. The minimum Gasteiger partial charge on any atom is -0.493 e. The zero-order chi connectivity index (χ0) is 18.1. The lowest BCUT2D eigenvalue weighted by atomic mass is 10.0. The van der Waals surface area contributed by atoms with Crippen molar-refractivity contribution in [3.05, 3.63) is 23.4 Å². The third kappa shape index (κ3) is 3.19. The van der Waals surface area contributed by atoms with Gasteiger partial charge in [-0.05, 0) is 37.9 Å². The van der Waals surface area contributed by atoms with Crippen molar-refractivity contribution < 1.29 is 14.2 Å². The van der Waals surface area contributed by atoms with Crippen LogP contribution in [0.25, 0.3) is 10.9 Å². The summed E-state index contributed by atoms with van der Waals surface area (Å²) >= 11 is 0. The molecule has 1 aromatic heterocycles. The van der Waals surface area contributed by atoms with Gasteiger partial charge >= 0.3 is 0 Å². The maximum absolute atomic E-state index is 5.80. The van der Waals surface area contributed by atoms with Crippen molar-refractivity contribution in [1.82, 2.24) is 9.88 Å². The first-order valence-electron chi connectivity index (χ1n) is 9.30. The number of methoxy groups -OCH3 is 2. The average Bonchev–Trinajstić information content (AvgIpc) is 3.02. The van der Waals surface area contributed by atoms with Crippen LogP contribution >= 0.6 is 0 Å². The molecule has 0 amide bonds. The Bertz CT molecular complexity index is 809. The number of anilines is 1. The lowest BCUT2D eigenvalue weighted by Crippen LogP contribution is -2.35. The Balaban J connectivity index is 1.80. The van der Waals surface area contributed by atoms with E-state index in [1.54, 1.807) is 14.2 Å². The molecule has 1 aromatic carbocycles. The molecule has 0 unspecified atom stereocenters.